The second-order valence-corrected chi connectivity index (χ2v) is 13.8. The first-order chi connectivity index (χ1) is 27.4. The van der Waals surface area contributed by atoms with E-state index >= 15 is 0 Å². The van der Waals surface area contributed by atoms with Crippen molar-refractivity contribution in [3.63, 3.8) is 0 Å². The molecule has 0 radical (unpaired) electrons. The first kappa shape index (κ1) is 56.3. The molecular formula is C35H58F3N3O18. The molecular weight excluding hydrogens is 804 g/mol. The number of carbonyl (C=O) groups excluding carboxylic acids is 7. The number of alkyl halides is 3. The van der Waals surface area contributed by atoms with Gasteiger partial charge in [0, 0.05) is 19.3 Å². The van der Waals surface area contributed by atoms with Crippen LogP contribution in [0, 0.1) is 0 Å². The fourth-order valence-corrected chi connectivity index (χ4v) is 4.39. The van der Waals surface area contributed by atoms with E-state index in [4.69, 9.17) is 29.8 Å². The van der Waals surface area contributed by atoms with Gasteiger partial charge in [0.05, 0.1) is 48.3 Å². The lowest BCUT2D eigenvalue weighted by Crippen LogP contribution is -2.47. The number of rotatable bonds is 19. The zero-order chi connectivity index (χ0) is 46.1. The number of nitrogens with one attached hydrogen (secondary N) is 1. The van der Waals surface area contributed by atoms with E-state index in [1.54, 1.807) is 41.5 Å². The van der Waals surface area contributed by atoms with Crippen LogP contribution < -0.4 is 11.1 Å². The van der Waals surface area contributed by atoms with E-state index in [1.165, 1.54) is 0 Å². The largest absolute Gasteiger partial charge is 0.479 e. The van der Waals surface area contributed by atoms with Crippen LogP contribution in [0.5, 0.6) is 0 Å². The van der Waals surface area contributed by atoms with Gasteiger partial charge in [0.2, 0.25) is 0 Å². The van der Waals surface area contributed by atoms with Gasteiger partial charge in [-0.2, -0.15) is 0 Å². The molecule has 0 bridgehead atoms. The molecule has 4 N–H and O–H groups in total. The number of nitrogens with two attached hydrogens (primary N) is 1. The van der Waals surface area contributed by atoms with Gasteiger partial charge >= 0.3 is 42.0 Å². The summed E-state index contributed by atoms with van der Waals surface area (Å²) in [5, 5.41) is 10.9. The van der Waals surface area contributed by atoms with E-state index in [0.29, 0.717) is 4.90 Å². The number of methoxy groups -OCH3 is 4. The lowest BCUT2D eigenvalue weighted by Gasteiger charge is -2.26. The summed E-state index contributed by atoms with van der Waals surface area (Å²) in [4.78, 5) is 93.2. The van der Waals surface area contributed by atoms with Crippen LogP contribution in [-0.4, -0.2) is 174 Å². The summed E-state index contributed by atoms with van der Waals surface area (Å²) >= 11 is 0. The fraction of sp³-hybridized carbons (Fsp3) is 0.771. The van der Waals surface area contributed by atoms with E-state index in [9.17, 15) is 51.5 Å². The maximum absolute atomic E-state index is 12.2. The molecule has 3 amide bonds. The number of carboxylic acid groups (broad SMARTS) is 1. The first-order valence-electron chi connectivity index (χ1n) is 17.8. The average Bonchev–Trinajstić information content (AvgIpc) is 3.49. The number of carbonyl (C=O) groups is 8. The first-order valence-corrected chi connectivity index (χ1v) is 17.8. The Hall–Kier alpha value is -4.81. The van der Waals surface area contributed by atoms with Crippen LogP contribution >= 0.6 is 0 Å². The van der Waals surface area contributed by atoms with Gasteiger partial charge in [-0.15, -0.1) is 0 Å². The minimum Gasteiger partial charge on any atom is -0.479 e. The normalized spacial score (nSPS) is 16.9. The van der Waals surface area contributed by atoms with E-state index in [1.807, 2.05) is 0 Å². The zero-order valence-corrected chi connectivity index (χ0v) is 34.9. The summed E-state index contributed by atoms with van der Waals surface area (Å²) in [6, 6.07) is -3.42. The van der Waals surface area contributed by atoms with Crippen molar-refractivity contribution in [2.75, 3.05) is 68.3 Å². The maximum atomic E-state index is 12.2. The van der Waals surface area contributed by atoms with Crippen molar-refractivity contribution in [3.05, 3.63) is 0 Å². The van der Waals surface area contributed by atoms with Crippen molar-refractivity contribution in [2.24, 2.45) is 5.73 Å². The molecule has 1 aliphatic heterocycles. The molecule has 342 valence electrons. The van der Waals surface area contributed by atoms with Crippen LogP contribution in [0.4, 0.5) is 22.8 Å². The van der Waals surface area contributed by atoms with Crippen molar-refractivity contribution < 1.29 is 99.3 Å². The molecule has 1 aliphatic rings. The molecule has 59 heavy (non-hydrogen) atoms. The van der Waals surface area contributed by atoms with Crippen LogP contribution in [0.3, 0.4) is 0 Å². The molecule has 24 heteroatoms. The highest BCUT2D eigenvalue weighted by atomic mass is 18.2. The third kappa shape index (κ3) is 23.4. The number of hydrogen-bond acceptors (Lipinski definition) is 18. The number of nitrogens with zero attached hydrogens (tertiary/aromatic N) is 1. The number of halogens is 3. The van der Waals surface area contributed by atoms with Crippen molar-refractivity contribution in [1.82, 2.24) is 10.2 Å². The molecule has 0 aliphatic carbocycles. The van der Waals surface area contributed by atoms with Crippen molar-refractivity contribution >= 4 is 47.9 Å². The van der Waals surface area contributed by atoms with E-state index < -0.39 is 116 Å². The minimum atomic E-state index is -1.30. The highest BCUT2D eigenvalue weighted by Crippen LogP contribution is 2.25. The van der Waals surface area contributed by atoms with Gasteiger partial charge in [0.1, 0.15) is 55.5 Å². The fourth-order valence-electron chi connectivity index (χ4n) is 4.39. The Balaban J connectivity index is 0. The van der Waals surface area contributed by atoms with E-state index in [2.05, 4.69) is 29.0 Å². The molecule has 0 aromatic rings. The van der Waals surface area contributed by atoms with Crippen molar-refractivity contribution in [1.29, 1.82) is 0 Å². The Morgan fingerprint density at radius 3 is 1.66 bits per heavy atom. The van der Waals surface area contributed by atoms with Crippen LogP contribution in [0.2, 0.25) is 0 Å². The average molecular weight is 863 g/mol. The van der Waals surface area contributed by atoms with E-state index in [0.717, 1.165) is 28.4 Å². The number of likely N-dealkylation sites (tertiary alicyclic amines) is 1. The predicted octanol–water partition coefficient (Wildman–Crippen LogP) is 1.34. The molecule has 6 atom stereocenters. The number of alkyl carbamates (subject to hydrolysis) is 1. The minimum absolute atomic E-state index is 0.0786. The summed E-state index contributed by atoms with van der Waals surface area (Å²) in [6.07, 6.45) is -6.00. The molecule has 0 saturated carbocycles. The molecule has 1 saturated heterocycles. The topological polar surface area (TPSA) is 281 Å². The van der Waals surface area contributed by atoms with E-state index in [-0.39, 0.29) is 39.1 Å². The zero-order valence-electron chi connectivity index (χ0n) is 34.9. The number of hydrogen-bond donors (Lipinski definition) is 3. The predicted molar refractivity (Wildman–Crippen MR) is 195 cm³/mol. The second kappa shape index (κ2) is 28.6. The number of imide groups is 1. The number of ether oxygens (including phenoxy) is 9. The summed E-state index contributed by atoms with van der Waals surface area (Å²) in [7, 11) is 4.54. The summed E-state index contributed by atoms with van der Waals surface area (Å²) in [5.74, 6) is -5.09. The quantitative estimate of drug-likeness (QED) is 0.122. The molecule has 1 rings (SSSR count). The number of esters is 4. The van der Waals surface area contributed by atoms with Gasteiger partial charge in [-0.3, -0.25) is 9.59 Å². The van der Waals surface area contributed by atoms with Gasteiger partial charge in [0.25, 0.3) is 5.91 Å². The summed E-state index contributed by atoms with van der Waals surface area (Å²) in [5.41, 5.74) is 3.74. The molecule has 1 heterocycles. The van der Waals surface area contributed by atoms with Crippen LogP contribution in [0.25, 0.3) is 0 Å². The van der Waals surface area contributed by atoms with Gasteiger partial charge in [-0.1, -0.05) is 0 Å². The lowest BCUT2D eigenvalue weighted by molar-refractivity contribution is -0.157. The van der Waals surface area contributed by atoms with Crippen LogP contribution in [-0.2, 0) is 71.4 Å². The Labute approximate surface area is 339 Å². The van der Waals surface area contributed by atoms with Gasteiger partial charge in [0.15, 0.2) is 12.2 Å². The van der Waals surface area contributed by atoms with Crippen LogP contribution in [0.15, 0.2) is 0 Å². The third-order valence-corrected chi connectivity index (χ3v) is 6.85. The Morgan fingerprint density at radius 2 is 1.24 bits per heavy atom. The van der Waals surface area contributed by atoms with Gasteiger partial charge < -0.3 is 58.8 Å². The Bertz CT molecular complexity index is 1360. The molecule has 0 spiro atoms. The monoisotopic (exact) mass is 862 g/mol. The summed E-state index contributed by atoms with van der Waals surface area (Å²) in [6.45, 7) is 6.52. The number of aliphatic carboxylic acids is 1. The number of amides is 3. The third-order valence-electron chi connectivity index (χ3n) is 6.85. The molecule has 0 aromatic carbocycles. The second-order valence-electron chi connectivity index (χ2n) is 13.8. The SMILES string of the molecule is COC(=O)[C@@H](N)C[C@H](OCC[18F])C(=O)O.COC(=O)[C@@H]1C[C@H](OCC[18F])C(=O)N1C(=O)OC(C)(C)C.COC(=O)[C@H](C[C@H](OCC[18F])C(=O)OC)NC(=O)OC(C)(C)C. The Morgan fingerprint density at radius 1 is 0.746 bits per heavy atom. The van der Waals surface area contributed by atoms with Crippen LogP contribution in [0.1, 0.15) is 60.8 Å². The lowest BCUT2D eigenvalue weighted by atomic mass is 10.1. The van der Waals surface area contributed by atoms with Gasteiger partial charge in [-0.05, 0) is 41.5 Å². The molecule has 0 aromatic heterocycles. The van der Waals surface area contributed by atoms with Crippen molar-refractivity contribution in [2.45, 2.75) is 108 Å². The molecule has 1 fully saturated rings. The number of carboxylic acids is 1. The van der Waals surface area contributed by atoms with Crippen molar-refractivity contribution in [3.8, 4) is 0 Å². The van der Waals surface area contributed by atoms with Gasteiger partial charge in [-0.25, -0.2) is 46.8 Å². The smallest absolute Gasteiger partial charge is 0.417 e. The highest BCUT2D eigenvalue weighted by Gasteiger charge is 2.49. The standard InChI is InChI=1S/C14H24FNO7.C13H20FNO6.C8H14FNO5/c1-14(2,3)23-13(19)16-9(11(17)20-4)8-10(12(18)21-5)22-7-6-15;1-13(2,3)21-12(18)15-8(11(17)19-4)7-9(10(15)16)20-6-5-14;1-14-8(13)5(10)4-6(7(11)12)15-3-2-9/h9-10H,6-8H2,1-5H3,(H,16,19);8-9H,5-7H2,1-4H3;5-6H,2-4,10H2,1H3,(H,11,12)/t9-,10-;8-,9-;5-,6-/m000/s1/i15-1;14-1;9-1. The molecule has 0 unspecified atom stereocenters. The maximum Gasteiger partial charge on any atom is 0.417 e. The Kier molecular flexibility index (Phi) is 27.3. The molecule has 21 nitrogen and oxygen atoms in total. The highest BCUT2D eigenvalue weighted by molar-refractivity contribution is 6.01. The summed E-state index contributed by atoms with van der Waals surface area (Å²) < 4.78 is 78.9.